The van der Waals surface area contributed by atoms with Gasteiger partial charge in [0, 0.05) is 35.9 Å². The SMILES string of the molecule is CCN(C(=O)CC(=O)Nc1ccc2nc3n(c(=O)c2c1)CCCCC3)c1cccc(Cl)c1. The Morgan fingerprint density at radius 1 is 1.16 bits per heavy atom. The number of rotatable bonds is 5. The van der Waals surface area contributed by atoms with Crippen molar-refractivity contribution in [2.75, 3.05) is 16.8 Å². The third kappa shape index (κ3) is 4.67. The molecule has 7 nitrogen and oxygen atoms in total. The summed E-state index contributed by atoms with van der Waals surface area (Å²) < 4.78 is 1.74. The number of amides is 2. The van der Waals surface area contributed by atoms with Crippen molar-refractivity contribution >= 4 is 45.7 Å². The predicted octanol–water partition coefficient (Wildman–Crippen LogP) is 4.16. The minimum Gasteiger partial charge on any atom is -0.326 e. The van der Waals surface area contributed by atoms with Gasteiger partial charge >= 0.3 is 0 Å². The molecule has 0 atom stereocenters. The first-order valence-electron chi connectivity index (χ1n) is 10.9. The molecule has 166 valence electrons. The number of anilines is 2. The maximum absolute atomic E-state index is 13.0. The lowest BCUT2D eigenvalue weighted by Gasteiger charge is -2.21. The third-order valence-corrected chi connectivity index (χ3v) is 5.88. The summed E-state index contributed by atoms with van der Waals surface area (Å²) in [5, 5.41) is 3.73. The van der Waals surface area contributed by atoms with Gasteiger partial charge in [-0.05, 0) is 56.2 Å². The molecular weight excluding hydrogens is 428 g/mol. The van der Waals surface area contributed by atoms with Gasteiger partial charge in [-0.1, -0.05) is 24.1 Å². The number of nitrogens with zero attached hydrogens (tertiary/aromatic N) is 3. The fraction of sp³-hybridized carbons (Fsp3) is 0.333. The van der Waals surface area contributed by atoms with E-state index in [1.54, 1.807) is 47.0 Å². The Labute approximate surface area is 191 Å². The lowest BCUT2D eigenvalue weighted by atomic mass is 10.2. The van der Waals surface area contributed by atoms with Crippen LogP contribution in [0.3, 0.4) is 0 Å². The van der Waals surface area contributed by atoms with Gasteiger partial charge in [0.2, 0.25) is 11.8 Å². The Hall–Kier alpha value is -3.19. The van der Waals surface area contributed by atoms with Crippen molar-refractivity contribution < 1.29 is 9.59 Å². The summed E-state index contributed by atoms with van der Waals surface area (Å²) in [7, 11) is 0. The van der Waals surface area contributed by atoms with Gasteiger partial charge in [0.05, 0.1) is 10.9 Å². The second-order valence-corrected chi connectivity index (χ2v) is 8.31. The van der Waals surface area contributed by atoms with E-state index in [1.807, 2.05) is 6.92 Å². The number of carbonyl (C=O) groups excluding carboxylic acids is 2. The number of aromatic nitrogens is 2. The monoisotopic (exact) mass is 452 g/mol. The van der Waals surface area contributed by atoms with Crippen molar-refractivity contribution in [3.05, 3.63) is 63.7 Å². The van der Waals surface area contributed by atoms with Crippen LogP contribution in [0.4, 0.5) is 11.4 Å². The normalized spacial score (nSPS) is 13.3. The Balaban J connectivity index is 1.51. The molecule has 3 aromatic rings. The molecule has 2 amide bonds. The molecule has 32 heavy (non-hydrogen) atoms. The molecule has 1 aromatic heterocycles. The highest BCUT2D eigenvalue weighted by molar-refractivity contribution is 6.31. The van der Waals surface area contributed by atoms with Gasteiger partial charge in [0.1, 0.15) is 12.2 Å². The van der Waals surface area contributed by atoms with E-state index in [4.69, 9.17) is 11.6 Å². The maximum atomic E-state index is 13.0. The molecule has 0 bridgehead atoms. The van der Waals surface area contributed by atoms with E-state index in [0.717, 1.165) is 31.5 Å². The van der Waals surface area contributed by atoms with Gasteiger partial charge in [-0.25, -0.2) is 4.98 Å². The molecule has 2 aromatic carbocycles. The zero-order valence-corrected chi connectivity index (χ0v) is 18.7. The molecule has 4 rings (SSSR count). The Bertz CT molecular complexity index is 1240. The van der Waals surface area contributed by atoms with Crippen molar-refractivity contribution in [2.45, 2.75) is 45.6 Å². The highest BCUT2D eigenvalue weighted by atomic mass is 35.5. The number of aryl methyl sites for hydroxylation is 1. The van der Waals surface area contributed by atoms with Crippen LogP contribution in [0.5, 0.6) is 0 Å². The Morgan fingerprint density at radius 3 is 2.78 bits per heavy atom. The molecule has 8 heteroatoms. The first kappa shape index (κ1) is 22.0. The highest BCUT2D eigenvalue weighted by Crippen LogP contribution is 2.21. The van der Waals surface area contributed by atoms with Crippen LogP contribution < -0.4 is 15.8 Å². The van der Waals surface area contributed by atoms with Crippen molar-refractivity contribution in [3.8, 4) is 0 Å². The summed E-state index contributed by atoms with van der Waals surface area (Å²) in [6, 6.07) is 12.0. The van der Waals surface area contributed by atoms with Crippen LogP contribution in [0.15, 0.2) is 47.3 Å². The zero-order valence-electron chi connectivity index (χ0n) is 17.9. The van der Waals surface area contributed by atoms with Gasteiger partial charge in [-0.2, -0.15) is 0 Å². The summed E-state index contributed by atoms with van der Waals surface area (Å²) >= 11 is 6.03. The van der Waals surface area contributed by atoms with E-state index in [0.29, 0.717) is 40.4 Å². The van der Waals surface area contributed by atoms with Gasteiger partial charge in [0.25, 0.3) is 5.56 Å². The summed E-state index contributed by atoms with van der Waals surface area (Å²) in [4.78, 5) is 44.4. The number of halogens is 1. The molecule has 0 fully saturated rings. The van der Waals surface area contributed by atoms with Crippen molar-refractivity contribution in [3.63, 3.8) is 0 Å². The average Bonchev–Trinajstić information content (AvgIpc) is 3.00. The second-order valence-electron chi connectivity index (χ2n) is 7.87. The number of fused-ring (bicyclic) bond motifs is 2. The van der Waals surface area contributed by atoms with Crippen LogP contribution in [0.1, 0.15) is 38.4 Å². The van der Waals surface area contributed by atoms with E-state index in [-0.39, 0.29) is 17.9 Å². The number of benzene rings is 2. The number of carbonyl (C=O) groups is 2. The Morgan fingerprint density at radius 2 is 2.00 bits per heavy atom. The van der Waals surface area contributed by atoms with Gasteiger partial charge in [-0.3, -0.25) is 19.0 Å². The first-order chi connectivity index (χ1) is 15.5. The minimum atomic E-state index is -0.447. The van der Waals surface area contributed by atoms with Crippen LogP contribution in [-0.2, 0) is 22.6 Å². The maximum Gasteiger partial charge on any atom is 0.261 e. The topological polar surface area (TPSA) is 84.3 Å². The fourth-order valence-corrected chi connectivity index (χ4v) is 4.27. The van der Waals surface area contributed by atoms with E-state index < -0.39 is 5.91 Å². The van der Waals surface area contributed by atoms with Crippen molar-refractivity contribution in [2.24, 2.45) is 0 Å². The number of hydrogen-bond donors (Lipinski definition) is 1. The quantitative estimate of drug-likeness (QED) is 0.589. The number of hydrogen-bond acceptors (Lipinski definition) is 4. The molecular formula is C24H25ClN4O3. The Kier molecular flexibility index (Phi) is 6.55. The molecule has 1 N–H and O–H groups in total. The van der Waals surface area contributed by atoms with Gasteiger partial charge in [-0.15, -0.1) is 0 Å². The average molecular weight is 453 g/mol. The predicted molar refractivity (Wildman–Crippen MR) is 126 cm³/mol. The van der Waals surface area contributed by atoms with Crippen LogP contribution in [-0.4, -0.2) is 27.9 Å². The lowest BCUT2D eigenvalue weighted by molar-refractivity contribution is -0.125. The van der Waals surface area contributed by atoms with Crippen LogP contribution >= 0.6 is 11.6 Å². The second kappa shape index (κ2) is 9.53. The molecule has 0 spiro atoms. The molecule has 1 aliphatic rings. The molecule has 1 aliphatic heterocycles. The van der Waals surface area contributed by atoms with Crippen LogP contribution in [0.2, 0.25) is 5.02 Å². The van der Waals surface area contributed by atoms with Crippen LogP contribution in [0.25, 0.3) is 10.9 Å². The standard InChI is InChI=1S/C24H25ClN4O3/c1-2-28(18-8-6-7-16(25)13-18)23(31)15-22(30)26-17-10-11-20-19(14-17)24(32)29-12-5-3-4-9-21(29)27-20/h6-8,10-11,13-14H,2-5,9,12,15H2,1H3,(H,26,30). The minimum absolute atomic E-state index is 0.0859. The molecule has 0 unspecified atom stereocenters. The summed E-state index contributed by atoms with van der Waals surface area (Å²) in [6.45, 7) is 2.91. The fourth-order valence-electron chi connectivity index (χ4n) is 4.08. The van der Waals surface area contributed by atoms with Gasteiger partial charge < -0.3 is 10.2 Å². The molecule has 0 saturated carbocycles. The largest absolute Gasteiger partial charge is 0.326 e. The molecule has 0 radical (unpaired) electrons. The summed E-state index contributed by atoms with van der Waals surface area (Å²) in [5.74, 6) is 0.0424. The van der Waals surface area contributed by atoms with Crippen molar-refractivity contribution in [1.29, 1.82) is 0 Å². The number of nitrogens with one attached hydrogen (secondary N) is 1. The van der Waals surface area contributed by atoms with E-state index >= 15 is 0 Å². The molecule has 0 saturated heterocycles. The first-order valence-corrected chi connectivity index (χ1v) is 11.2. The summed E-state index contributed by atoms with van der Waals surface area (Å²) in [5.41, 5.74) is 1.64. The van der Waals surface area contributed by atoms with E-state index in [2.05, 4.69) is 10.3 Å². The van der Waals surface area contributed by atoms with Crippen molar-refractivity contribution in [1.82, 2.24) is 9.55 Å². The van der Waals surface area contributed by atoms with Crippen LogP contribution in [0, 0.1) is 0 Å². The molecule has 0 aliphatic carbocycles. The third-order valence-electron chi connectivity index (χ3n) is 5.65. The zero-order chi connectivity index (χ0) is 22.7. The van der Waals surface area contributed by atoms with E-state index in [1.165, 1.54) is 4.90 Å². The lowest BCUT2D eigenvalue weighted by Crippen LogP contribution is -2.33. The molecule has 2 heterocycles. The summed E-state index contributed by atoms with van der Waals surface area (Å²) in [6.07, 6.45) is 3.55. The van der Waals surface area contributed by atoms with Gasteiger partial charge in [0.15, 0.2) is 0 Å². The smallest absolute Gasteiger partial charge is 0.261 e. The van der Waals surface area contributed by atoms with E-state index in [9.17, 15) is 14.4 Å². The highest BCUT2D eigenvalue weighted by Gasteiger charge is 2.19.